The molecule has 1 unspecified atom stereocenters. The number of rotatable bonds is 10. The van der Waals surface area contributed by atoms with Gasteiger partial charge in [0.1, 0.15) is 13.2 Å². The maximum Gasteiger partial charge on any atom is 0.411 e. The van der Waals surface area contributed by atoms with Crippen LogP contribution in [0.25, 0.3) is 11.1 Å². The van der Waals surface area contributed by atoms with E-state index < -0.39 is 12.1 Å². The fourth-order valence-corrected chi connectivity index (χ4v) is 4.23. The van der Waals surface area contributed by atoms with Gasteiger partial charge in [-0.25, -0.2) is 4.79 Å². The second kappa shape index (κ2) is 10.9. The molecule has 0 aliphatic heterocycles. The van der Waals surface area contributed by atoms with Crippen molar-refractivity contribution in [2.75, 3.05) is 18.5 Å². The number of carboxylic acids is 1. The number of ether oxygens (including phenoxy) is 1. The predicted molar refractivity (Wildman–Crippen MR) is 130 cm³/mol. The van der Waals surface area contributed by atoms with Crippen molar-refractivity contribution in [2.45, 2.75) is 32.2 Å². The molecule has 1 aliphatic carbocycles. The molecule has 1 atom stereocenters. The highest BCUT2D eigenvalue weighted by Gasteiger charge is 2.29. The Labute approximate surface area is 203 Å². The Bertz CT molecular complexity index is 1180. The third-order valence-corrected chi connectivity index (χ3v) is 6.03. The number of aliphatic carboxylic acids is 1. The first kappa shape index (κ1) is 24.0. The van der Waals surface area contributed by atoms with E-state index in [1.54, 1.807) is 6.20 Å². The van der Waals surface area contributed by atoms with Crippen molar-refractivity contribution in [3.8, 4) is 11.1 Å². The number of anilines is 1. The van der Waals surface area contributed by atoms with Crippen molar-refractivity contribution < 1.29 is 24.2 Å². The lowest BCUT2D eigenvalue weighted by atomic mass is 9.98. The summed E-state index contributed by atoms with van der Waals surface area (Å²) in [6.45, 7) is 2.46. The Morgan fingerprint density at radius 2 is 1.74 bits per heavy atom. The highest BCUT2D eigenvalue weighted by Crippen LogP contribution is 2.44. The molecule has 9 nitrogen and oxygen atoms in total. The van der Waals surface area contributed by atoms with Crippen LogP contribution < -0.4 is 10.6 Å². The van der Waals surface area contributed by atoms with Gasteiger partial charge in [0.2, 0.25) is 5.91 Å². The zero-order valence-electron chi connectivity index (χ0n) is 19.4. The van der Waals surface area contributed by atoms with Gasteiger partial charge in [-0.15, -0.1) is 0 Å². The summed E-state index contributed by atoms with van der Waals surface area (Å²) in [5.41, 5.74) is 5.01. The molecule has 0 spiro atoms. The summed E-state index contributed by atoms with van der Waals surface area (Å²) < 4.78 is 6.94. The molecule has 3 aromatic rings. The Morgan fingerprint density at radius 3 is 2.40 bits per heavy atom. The minimum Gasteiger partial charge on any atom is -0.481 e. The lowest BCUT2D eigenvalue weighted by molar-refractivity contribution is -0.137. The smallest absolute Gasteiger partial charge is 0.411 e. The minimum atomic E-state index is -0.851. The van der Waals surface area contributed by atoms with E-state index in [2.05, 4.69) is 40.0 Å². The maximum absolute atomic E-state index is 12.4. The van der Waals surface area contributed by atoms with E-state index in [4.69, 9.17) is 9.84 Å². The number of hydrogen-bond acceptors (Lipinski definition) is 5. The van der Waals surface area contributed by atoms with Gasteiger partial charge >= 0.3 is 12.1 Å². The molecule has 0 saturated heterocycles. The van der Waals surface area contributed by atoms with Crippen LogP contribution in [0.15, 0.2) is 60.9 Å². The number of carboxylic acid groups (broad SMARTS) is 1. The topological polar surface area (TPSA) is 123 Å². The average molecular weight is 477 g/mol. The van der Waals surface area contributed by atoms with Gasteiger partial charge < -0.3 is 15.2 Å². The molecule has 1 aliphatic rings. The van der Waals surface area contributed by atoms with Crippen molar-refractivity contribution >= 4 is 23.7 Å². The Hall–Kier alpha value is -4.14. The molecule has 35 heavy (non-hydrogen) atoms. The molecule has 0 saturated carbocycles. The summed E-state index contributed by atoms with van der Waals surface area (Å²) >= 11 is 0. The summed E-state index contributed by atoms with van der Waals surface area (Å²) in [6, 6.07) is 16.3. The van der Waals surface area contributed by atoms with E-state index in [9.17, 15) is 14.4 Å². The summed E-state index contributed by atoms with van der Waals surface area (Å²) in [4.78, 5) is 35.2. The number of benzene rings is 2. The van der Waals surface area contributed by atoms with Crippen molar-refractivity contribution in [1.29, 1.82) is 0 Å². The Kier molecular flexibility index (Phi) is 7.45. The van der Waals surface area contributed by atoms with Crippen LogP contribution in [0.2, 0.25) is 0 Å². The van der Waals surface area contributed by atoms with Crippen molar-refractivity contribution in [3.63, 3.8) is 0 Å². The fourth-order valence-electron chi connectivity index (χ4n) is 4.23. The summed E-state index contributed by atoms with van der Waals surface area (Å²) in [7, 11) is 0. The van der Waals surface area contributed by atoms with Gasteiger partial charge in [-0.05, 0) is 34.6 Å². The number of carbonyl (C=O) groups is 3. The van der Waals surface area contributed by atoms with Crippen LogP contribution in [-0.2, 0) is 20.9 Å². The van der Waals surface area contributed by atoms with Crippen molar-refractivity contribution in [3.05, 3.63) is 72.1 Å². The van der Waals surface area contributed by atoms with Gasteiger partial charge in [-0.2, -0.15) is 5.10 Å². The molecular formula is C26H28N4O5. The van der Waals surface area contributed by atoms with Gasteiger partial charge in [0.15, 0.2) is 0 Å². The number of aromatic nitrogens is 2. The summed E-state index contributed by atoms with van der Waals surface area (Å²) in [6.07, 6.45) is 2.97. The first-order valence-electron chi connectivity index (χ1n) is 11.5. The van der Waals surface area contributed by atoms with Crippen molar-refractivity contribution in [2.24, 2.45) is 5.92 Å². The molecule has 182 valence electrons. The number of carbonyl (C=O) groups excluding carboxylic acids is 2. The molecule has 1 aromatic heterocycles. The second-order valence-electron chi connectivity index (χ2n) is 8.72. The molecule has 3 N–H and O–H groups in total. The Morgan fingerprint density at radius 1 is 1.09 bits per heavy atom. The molecule has 0 bridgehead atoms. The van der Waals surface area contributed by atoms with Crippen LogP contribution >= 0.6 is 0 Å². The lowest BCUT2D eigenvalue weighted by Gasteiger charge is -2.14. The van der Waals surface area contributed by atoms with Crippen LogP contribution in [0, 0.1) is 5.92 Å². The molecule has 0 fully saturated rings. The predicted octanol–water partition coefficient (Wildman–Crippen LogP) is 3.86. The Balaban J connectivity index is 1.25. The zero-order valence-corrected chi connectivity index (χ0v) is 19.4. The van der Waals surface area contributed by atoms with E-state index in [-0.39, 0.29) is 37.3 Å². The van der Waals surface area contributed by atoms with E-state index in [1.807, 2.05) is 31.2 Å². The molecule has 4 rings (SSSR count). The van der Waals surface area contributed by atoms with Crippen LogP contribution in [0.5, 0.6) is 0 Å². The zero-order chi connectivity index (χ0) is 24.8. The highest BCUT2D eigenvalue weighted by molar-refractivity contribution is 5.85. The average Bonchev–Trinajstić information content (AvgIpc) is 3.41. The number of fused-ring (bicyclic) bond motifs is 3. The van der Waals surface area contributed by atoms with Gasteiger partial charge in [-0.3, -0.25) is 19.6 Å². The summed E-state index contributed by atoms with van der Waals surface area (Å²) in [5.74, 6) is -1.07. The van der Waals surface area contributed by atoms with E-state index >= 15 is 0 Å². The molecule has 2 amide bonds. The third kappa shape index (κ3) is 6.06. The lowest BCUT2D eigenvalue weighted by Crippen LogP contribution is -2.31. The van der Waals surface area contributed by atoms with E-state index in [0.717, 1.165) is 22.3 Å². The second-order valence-corrected chi connectivity index (χ2v) is 8.72. The van der Waals surface area contributed by atoms with Gasteiger partial charge in [-0.1, -0.05) is 55.5 Å². The summed E-state index contributed by atoms with van der Waals surface area (Å²) in [5, 5.41) is 18.3. The third-order valence-electron chi connectivity index (χ3n) is 6.03. The standard InChI is InChI=1S/C26H28N4O5/c1-17(10-11-25(32)33)12-27-24(31)15-30-14-18(13-28-30)29-26(34)35-16-23-21-8-4-2-6-19(21)20-7-3-5-9-22(20)23/h2-9,13-14,17,23H,10-12,15-16H2,1H3,(H,27,31)(H,29,34)(H,32,33). The molecular weight excluding hydrogens is 448 g/mol. The quantitative estimate of drug-likeness (QED) is 0.408. The molecule has 9 heteroatoms. The normalized spacial score (nSPS) is 12.9. The van der Waals surface area contributed by atoms with Crippen LogP contribution in [0.1, 0.15) is 36.8 Å². The van der Waals surface area contributed by atoms with E-state index in [1.165, 1.54) is 10.9 Å². The SMILES string of the molecule is CC(CCC(=O)O)CNC(=O)Cn1cc(NC(=O)OCC2c3ccccc3-c3ccccc32)cn1. The van der Waals surface area contributed by atoms with Gasteiger partial charge in [0.05, 0.1) is 11.9 Å². The van der Waals surface area contributed by atoms with Gasteiger partial charge in [0, 0.05) is 25.1 Å². The van der Waals surface area contributed by atoms with E-state index in [0.29, 0.717) is 18.7 Å². The minimum absolute atomic E-state index is 0.0159. The molecule has 2 aromatic carbocycles. The first-order chi connectivity index (χ1) is 16.9. The maximum atomic E-state index is 12.4. The molecule has 0 radical (unpaired) electrons. The van der Waals surface area contributed by atoms with Crippen molar-refractivity contribution in [1.82, 2.24) is 15.1 Å². The molecule has 1 heterocycles. The largest absolute Gasteiger partial charge is 0.481 e. The fraction of sp³-hybridized carbons (Fsp3) is 0.308. The monoisotopic (exact) mass is 476 g/mol. The van der Waals surface area contributed by atoms with Crippen LogP contribution in [-0.4, -0.2) is 46.0 Å². The number of nitrogens with one attached hydrogen (secondary N) is 2. The van der Waals surface area contributed by atoms with Crippen LogP contribution in [0.4, 0.5) is 10.5 Å². The number of amides is 2. The number of hydrogen-bond donors (Lipinski definition) is 3. The highest BCUT2D eigenvalue weighted by atomic mass is 16.5. The van der Waals surface area contributed by atoms with Gasteiger partial charge in [0.25, 0.3) is 0 Å². The first-order valence-corrected chi connectivity index (χ1v) is 11.5. The van der Waals surface area contributed by atoms with Crippen LogP contribution in [0.3, 0.4) is 0 Å². The number of nitrogens with zero attached hydrogens (tertiary/aromatic N) is 2.